The Bertz CT molecular complexity index is 543. The largest absolute Gasteiger partial charge is 0.371 e. The van der Waals surface area contributed by atoms with E-state index in [-0.39, 0.29) is 17.8 Å². The Labute approximate surface area is 157 Å². The molecule has 0 aliphatic heterocycles. The molecule has 7 heteroatoms. The van der Waals surface area contributed by atoms with Gasteiger partial charge in [-0.3, -0.25) is 0 Å². The van der Waals surface area contributed by atoms with Gasteiger partial charge in [-0.2, -0.15) is 0 Å². The Hall–Kier alpha value is -0.893. The molecule has 0 aromatic heterocycles. The summed E-state index contributed by atoms with van der Waals surface area (Å²) in [4.78, 5) is 0. The van der Waals surface area contributed by atoms with Crippen molar-refractivity contribution < 1.29 is 27.1 Å². The molecule has 1 rings (SSSR count). The lowest BCUT2D eigenvalue weighted by Crippen LogP contribution is -2.42. The minimum absolute atomic E-state index is 0.0681. The first-order chi connectivity index (χ1) is 12.2. The second-order valence-electron chi connectivity index (χ2n) is 6.89. The van der Waals surface area contributed by atoms with Crippen LogP contribution in [0.3, 0.4) is 0 Å². The van der Waals surface area contributed by atoms with Gasteiger partial charge in [-0.15, -0.1) is 0 Å². The van der Waals surface area contributed by atoms with Crippen molar-refractivity contribution >= 4 is 10.5 Å². The van der Waals surface area contributed by atoms with Crippen LogP contribution in [0.5, 0.6) is 0 Å². The van der Waals surface area contributed by atoms with E-state index >= 15 is 0 Å². The number of aryl methyl sites for hydroxylation is 1. The van der Waals surface area contributed by atoms with E-state index in [1.54, 1.807) is 0 Å². The monoisotopic (exact) mass is 389 g/mol. The molecule has 0 saturated heterocycles. The Morgan fingerprint density at radius 3 is 1.92 bits per heavy atom. The predicted molar refractivity (Wildman–Crippen MR) is 95.1 cm³/mol. The first-order valence-electron chi connectivity index (χ1n) is 9.03. The first-order valence-corrected chi connectivity index (χ1v) is 9.43. The molecule has 3 radical (unpaired) electrons. The molecular formula is C19H28F3O3Si. The van der Waals surface area contributed by atoms with Crippen molar-refractivity contribution in [2.45, 2.75) is 84.4 Å². The zero-order chi connectivity index (χ0) is 19.7. The summed E-state index contributed by atoms with van der Waals surface area (Å²) < 4.78 is 56.6. The molecule has 0 spiro atoms. The van der Waals surface area contributed by atoms with Crippen LogP contribution in [0.15, 0.2) is 12.1 Å². The standard InChI is InChI=1S/C19H28F3O3Si/c1-13(2)23-19(25-26,24-14(3)4)10-8-6-5-7-9-15-11-17(21)18(22)12-16(15)20/h11-14H,5-10H2,1-4H3. The van der Waals surface area contributed by atoms with Crippen LogP contribution < -0.4 is 0 Å². The smallest absolute Gasteiger partial charge is 0.273 e. The molecule has 147 valence electrons. The van der Waals surface area contributed by atoms with Crippen molar-refractivity contribution in [1.82, 2.24) is 0 Å². The Morgan fingerprint density at radius 1 is 0.846 bits per heavy atom. The lowest BCUT2D eigenvalue weighted by atomic mass is 10.0. The van der Waals surface area contributed by atoms with Gasteiger partial charge in [-0.1, -0.05) is 12.8 Å². The SMILES string of the molecule is CC(C)OC(CCCCCCc1cc(F)c(F)cc1F)(O[Si])OC(C)C. The highest BCUT2D eigenvalue weighted by molar-refractivity contribution is 5.98. The molecule has 0 atom stereocenters. The van der Waals surface area contributed by atoms with Crippen LogP contribution in [0.25, 0.3) is 0 Å². The molecule has 0 fully saturated rings. The van der Waals surface area contributed by atoms with Gasteiger partial charge in [-0.05, 0) is 58.6 Å². The van der Waals surface area contributed by atoms with Crippen LogP contribution >= 0.6 is 0 Å². The van der Waals surface area contributed by atoms with E-state index in [4.69, 9.17) is 13.9 Å². The maximum atomic E-state index is 13.6. The van der Waals surface area contributed by atoms with Crippen LogP contribution in [0, 0.1) is 17.5 Å². The molecule has 0 saturated carbocycles. The highest BCUT2D eigenvalue weighted by atomic mass is 28.2. The Morgan fingerprint density at radius 2 is 1.38 bits per heavy atom. The van der Waals surface area contributed by atoms with Gasteiger partial charge < -0.3 is 13.9 Å². The molecule has 1 aromatic carbocycles. The fourth-order valence-corrected chi connectivity index (χ4v) is 2.93. The number of rotatable bonds is 12. The highest BCUT2D eigenvalue weighted by Crippen LogP contribution is 2.26. The molecule has 0 amide bonds. The molecule has 26 heavy (non-hydrogen) atoms. The van der Waals surface area contributed by atoms with E-state index in [2.05, 4.69) is 10.5 Å². The lowest BCUT2D eigenvalue weighted by molar-refractivity contribution is -0.369. The fourth-order valence-electron chi connectivity index (χ4n) is 2.73. The number of hydrogen-bond acceptors (Lipinski definition) is 3. The third kappa shape index (κ3) is 7.78. The molecule has 3 nitrogen and oxygen atoms in total. The fraction of sp³-hybridized carbons (Fsp3) is 0.684. The maximum Gasteiger partial charge on any atom is 0.273 e. The van der Waals surface area contributed by atoms with Gasteiger partial charge >= 0.3 is 0 Å². The lowest BCUT2D eigenvalue weighted by Gasteiger charge is -2.35. The third-order valence-corrected chi connectivity index (χ3v) is 4.07. The first kappa shape index (κ1) is 23.1. The normalized spacial score (nSPS) is 12.4. The number of halogens is 3. The summed E-state index contributed by atoms with van der Waals surface area (Å²) in [5.41, 5.74) is 0.202. The maximum absolute atomic E-state index is 13.6. The van der Waals surface area contributed by atoms with E-state index in [0.29, 0.717) is 25.3 Å². The van der Waals surface area contributed by atoms with E-state index < -0.39 is 23.4 Å². The zero-order valence-electron chi connectivity index (χ0n) is 15.9. The summed E-state index contributed by atoms with van der Waals surface area (Å²) in [6.45, 7) is 7.61. The van der Waals surface area contributed by atoms with E-state index in [0.717, 1.165) is 25.3 Å². The molecular weight excluding hydrogens is 361 g/mol. The van der Waals surface area contributed by atoms with Crippen molar-refractivity contribution in [1.29, 1.82) is 0 Å². The highest BCUT2D eigenvalue weighted by Gasteiger charge is 2.33. The summed E-state index contributed by atoms with van der Waals surface area (Å²) in [5, 5.41) is 0. The molecule has 0 heterocycles. The molecule has 1 aromatic rings. The van der Waals surface area contributed by atoms with Crippen molar-refractivity contribution in [2.75, 3.05) is 0 Å². The van der Waals surface area contributed by atoms with E-state index in [9.17, 15) is 13.2 Å². The third-order valence-electron chi connectivity index (χ3n) is 3.75. The van der Waals surface area contributed by atoms with Gasteiger partial charge in [0.15, 0.2) is 11.6 Å². The average Bonchev–Trinajstić information content (AvgIpc) is 2.53. The van der Waals surface area contributed by atoms with Crippen LogP contribution in [0.1, 0.15) is 65.4 Å². The molecule has 0 bridgehead atoms. The molecule has 0 aliphatic rings. The Balaban J connectivity index is 2.43. The summed E-state index contributed by atoms with van der Waals surface area (Å²) >= 11 is 0. The predicted octanol–water partition coefficient (Wildman–Crippen LogP) is 5.20. The molecule has 0 aliphatic carbocycles. The number of ether oxygens (including phenoxy) is 2. The van der Waals surface area contributed by atoms with Crippen LogP contribution in [-0.2, 0) is 20.3 Å². The second kappa shape index (κ2) is 11.1. The topological polar surface area (TPSA) is 27.7 Å². The van der Waals surface area contributed by atoms with Gasteiger partial charge in [0.1, 0.15) is 5.82 Å². The van der Waals surface area contributed by atoms with Crippen LogP contribution in [0.2, 0.25) is 0 Å². The second-order valence-corrected chi connectivity index (χ2v) is 7.09. The van der Waals surface area contributed by atoms with Gasteiger partial charge in [-0.25, -0.2) is 13.2 Å². The Kier molecular flexibility index (Phi) is 9.85. The number of benzene rings is 1. The summed E-state index contributed by atoms with van der Waals surface area (Å²) in [7, 11) is 3.06. The minimum atomic E-state index is -1.16. The van der Waals surface area contributed by atoms with E-state index in [1.807, 2.05) is 27.7 Å². The average molecular weight is 390 g/mol. The van der Waals surface area contributed by atoms with Crippen LogP contribution in [-0.4, -0.2) is 28.7 Å². The van der Waals surface area contributed by atoms with Crippen molar-refractivity contribution in [3.8, 4) is 0 Å². The van der Waals surface area contributed by atoms with Crippen LogP contribution in [0.4, 0.5) is 13.2 Å². The van der Waals surface area contributed by atoms with Gasteiger partial charge in [0.25, 0.3) is 16.5 Å². The molecule has 0 N–H and O–H groups in total. The minimum Gasteiger partial charge on any atom is -0.371 e. The zero-order valence-corrected chi connectivity index (χ0v) is 16.9. The van der Waals surface area contributed by atoms with Gasteiger partial charge in [0.05, 0.1) is 12.2 Å². The summed E-state index contributed by atoms with van der Waals surface area (Å²) in [6, 6.07) is 1.53. The number of unbranched alkanes of at least 4 members (excludes halogenated alkanes) is 3. The molecule has 0 unspecified atom stereocenters. The summed E-state index contributed by atoms with van der Waals surface area (Å²) in [5.74, 6) is -4.03. The van der Waals surface area contributed by atoms with Crippen molar-refractivity contribution in [3.63, 3.8) is 0 Å². The van der Waals surface area contributed by atoms with E-state index in [1.165, 1.54) is 0 Å². The van der Waals surface area contributed by atoms with Crippen molar-refractivity contribution in [3.05, 3.63) is 35.1 Å². The van der Waals surface area contributed by atoms with Gasteiger partial charge in [0, 0.05) is 12.5 Å². The van der Waals surface area contributed by atoms with Crippen molar-refractivity contribution in [2.24, 2.45) is 0 Å². The van der Waals surface area contributed by atoms with Gasteiger partial charge in [0.2, 0.25) is 0 Å². The quantitative estimate of drug-likeness (QED) is 0.213. The summed E-state index contributed by atoms with van der Waals surface area (Å²) in [6.07, 6.45) is 3.90. The number of hydrogen-bond donors (Lipinski definition) is 0.